The normalized spacial score (nSPS) is 18.2. The van der Waals surface area contributed by atoms with Gasteiger partial charge in [-0.3, -0.25) is 14.4 Å². The van der Waals surface area contributed by atoms with Crippen LogP contribution in [0.25, 0.3) is 0 Å². The van der Waals surface area contributed by atoms with Crippen LogP contribution < -0.4 is 5.32 Å². The molecule has 2 amide bonds. The van der Waals surface area contributed by atoms with E-state index in [0.29, 0.717) is 29.3 Å². The van der Waals surface area contributed by atoms with Crippen LogP contribution in [0.15, 0.2) is 67.1 Å². The Morgan fingerprint density at radius 2 is 1.70 bits per heavy atom. The number of benzene rings is 2. The van der Waals surface area contributed by atoms with Gasteiger partial charge in [0.2, 0.25) is 17.9 Å². The summed E-state index contributed by atoms with van der Waals surface area (Å²) in [5.41, 5.74) is 1.40. The average Bonchev–Trinajstić information content (AvgIpc) is 3.32. The van der Waals surface area contributed by atoms with Crippen molar-refractivity contribution in [1.82, 2.24) is 9.80 Å². The fourth-order valence-corrected chi connectivity index (χ4v) is 4.34. The van der Waals surface area contributed by atoms with Crippen LogP contribution >= 0.6 is 0 Å². The average molecular weight is 448 g/mol. The first-order chi connectivity index (χ1) is 16.0. The van der Waals surface area contributed by atoms with Gasteiger partial charge in [0.15, 0.2) is 0 Å². The van der Waals surface area contributed by atoms with Crippen molar-refractivity contribution in [2.75, 3.05) is 25.0 Å². The van der Waals surface area contributed by atoms with Crippen LogP contribution in [0.1, 0.15) is 46.9 Å². The van der Waals surface area contributed by atoms with Crippen molar-refractivity contribution < 1.29 is 19.1 Å². The Morgan fingerprint density at radius 1 is 1.00 bits per heavy atom. The number of carbonyl (C=O) groups excluding carboxylic acids is 3. The summed E-state index contributed by atoms with van der Waals surface area (Å²) >= 11 is 0. The van der Waals surface area contributed by atoms with Crippen LogP contribution in [-0.2, 0) is 9.53 Å². The molecule has 2 aromatic carbocycles. The summed E-state index contributed by atoms with van der Waals surface area (Å²) in [5, 5.41) is 2.86. The molecule has 1 saturated heterocycles. The summed E-state index contributed by atoms with van der Waals surface area (Å²) in [5.74, 6) is 0.182. The molecule has 4 rings (SSSR count). The lowest BCUT2D eigenvalue weighted by Crippen LogP contribution is -2.39. The van der Waals surface area contributed by atoms with E-state index in [-0.39, 0.29) is 17.6 Å². The number of para-hydroxylation sites is 1. The minimum atomic E-state index is -0.753. The number of piperidine rings is 1. The first kappa shape index (κ1) is 22.6. The van der Waals surface area contributed by atoms with E-state index in [1.54, 1.807) is 67.9 Å². The smallest absolute Gasteiger partial charge is 0.255 e. The summed E-state index contributed by atoms with van der Waals surface area (Å²) in [6.45, 7) is 3.89. The molecule has 0 radical (unpaired) electrons. The maximum atomic E-state index is 13.4. The lowest BCUT2D eigenvalue weighted by Gasteiger charge is -2.32. The molecule has 1 fully saturated rings. The fourth-order valence-electron chi connectivity index (χ4n) is 4.34. The molecule has 2 aliphatic rings. The van der Waals surface area contributed by atoms with Gasteiger partial charge in [0.1, 0.15) is 6.26 Å². The molecule has 1 atom stereocenters. The third-order valence-electron chi connectivity index (χ3n) is 6.32. The van der Waals surface area contributed by atoms with Gasteiger partial charge in [0, 0.05) is 43.9 Å². The van der Waals surface area contributed by atoms with Gasteiger partial charge < -0.3 is 19.9 Å². The van der Waals surface area contributed by atoms with E-state index in [0.717, 1.165) is 32.4 Å². The summed E-state index contributed by atoms with van der Waals surface area (Å²) < 4.78 is 5.65. The number of likely N-dealkylation sites (tertiary alicyclic amines) is 1. The van der Waals surface area contributed by atoms with Gasteiger partial charge in [-0.05, 0) is 49.4 Å². The van der Waals surface area contributed by atoms with Crippen molar-refractivity contribution in [3.8, 4) is 0 Å². The van der Waals surface area contributed by atoms with Crippen LogP contribution in [-0.4, -0.2) is 53.3 Å². The molecule has 172 valence electrons. The van der Waals surface area contributed by atoms with E-state index in [4.69, 9.17) is 4.74 Å². The molecule has 33 heavy (non-hydrogen) atoms. The fraction of sp³-hybridized carbons (Fsp3) is 0.346. The Kier molecular flexibility index (Phi) is 7.07. The molecule has 0 spiro atoms. The molecular formula is C26H29N3O4. The number of ketones is 1. The Balaban J connectivity index is 1.38. The van der Waals surface area contributed by atoms with E-state index in [1.165, 1.54) is 0 Å². The number of carbonyl (C=O) groups is 3. The Morgan fingerprint density at radius 3 is 2.42 bits per heavy atom. The van der Waals surface area contributed by atoms with E-state index < -0.39 is 6.23 Å². The summed E-state index contributed by atoms with van der Waals surface area (Å²) in [7, 11) is 0. The molecule has 0 aliphatic carbocycles. The number of rotatable bonds is 7. The van der Waals surface area contributed by atoms with Gasteiger partial charge in [-0.2, -0.15) is 0 Å². The van der Waals surface area contributed by atoms with Gasteiger partial charge in [0.25, 0.3) is 5.91 Å². The number of ether oxygens (including phenoxy) is 1. The third kappa shape index (κ3) is 5.42. The summed E-state index contributed by atoms with van der Waals surface area (Å²) in [6, 6.07) is 15.9. The summed E-state index contributed by atoms with van der Waals surface area (Å²) in [4.78, 5) is 41.3. The van der Waals surface area contributed by atoms with Gasteiger partial charge in [-0.25, -0.2) is 0 Å². The van der Waals surface area contributed by atoms with Crippen molar-refractivity contribution in [3.63, 3.8) is 0 Å². The van der Waals surface area contributed by atoms with E-state index >= 15 is 0 Å². The zero-order chi connectivity index (χ0) is 23.2. The van der Waals surface area contributed by atoms with E-state index in [9.17, 15) is 14.4 Å². The Hall–Kier alpha value is -3.61. The van der Waals surface area contributed by atoms with Crippen molar-refractivity contribution >= 4 is 23.3 Å². The monoisotopic (exact) mass is 447 g/mol. The second kappa shape index (κ2) is 10.3. The summed E-state index contributed by atoms with van der Waals surface area (Å²) in [6.07, 6.45) is 5.48. The predicted molar refractivity (Wildman–Crippen MR) is 125 cm³/mol. The van der Waals surface area contributed by atoms with Crippen LogP contribution in [0, 0.1) is 5.92 Å². The van der Waals surface area contributed by atoms with Crippen molar-refractivity contribution in [1.29, 1.82) is 0 Å². The molecule has 2 heterocycles. The first-order valence-corrected chi connectivity index (χ1v) is 11.4. The van der Waals surface area contributed by atoms with Crippen LogP contribution in [0.4, 0.5) is 5.69 Å². The number of nitrogens with zero attached hydrogens (tertiary/aromatic N) is 2. The van der Waals surface area contributed by atoms with Crippen molar-refractivity contribution in [2.24, 2.45) is 5.92 Å². The molecular weight excluding hydrogens is 418 g/mol. The Labute approximate surface area is 194 Å². The highest BCUT2D eigenvalue weighted by atomic mass is 16.5. The number of hydrogen-bond acceptors (Lipinski definition) is 5. The minimum absolute atomic E-state index is 0.132. The number of anilines is 1. The van der Waals surface area contributed by atoms with Gasteiger partial charge >= 0.3 is 0 Å². The zero-order valence-corrected chi connectivity index (χ0v) is 18.8. The van der Waals surface area contributed by atoms with Crippen LogP contribution in [0.3, 0.4) is 0 Å². The second-order valence-corrected chi connectivity index (χ2v) is 8.48. The van der Waals surface area contributed by atoms with Gasteiger partial charge in [-0.15, -0.1) is 0 Å². The molecule has 0 saturated carbocycles. The SMILES string of the molecule is CC(=O)N1CCC(CCN2C=COC2C(=O)c2ccccc2NC(=O)c2ccccc2)CC1. The molecule has 1 N–H and O–H groups in total. The second-order valence-electron chi connectivity index (χ2n) is 8.48. The number of hydrogen-bond donors (Lipinski definition) is 1. The molecule has 2 aromatic rings. The van der Waals surface area contributed by atoms with Gasteiger partial charge in [0.05, 0.1) is 5.69 Å². The van der Waals surface area contributed by atoms with E-state index in [1.807, 2.05) is 15.9 Å². The third-order valence-corrected chi connectivity index (χ3v) is 6.32. The predicted octanol–water partition coefficient (Wildman–Crippen LogP) is 3.90. The number of Topliss-reactive ketones (excluding diaryl/α,β-unsaturated/α-hetero) is 1. The molecule has 1 unspecified atom stereocenters. The zero-order valence-electron chi connectivity index (χ0n) is 18.8. The highest BCUT2D eigenvalue weighted by molar-refractivity contribution is 6.10. The van der Waals surface area contributed by atoms with Crippen molar-refractivity contribution in [2.45, 2.75) is 32.4 Å². The highest BCUT2D eigenvalue weighted by Gasteiger charge is 2.32. The molecule has 7 nitrogen and oxygen atoms in total. The van der Waals surface area contributed by atoms with Crippen LogP contribution in [0.2, 0.25) is 0 Å². The molecule has 0 aromatic heterocycles. The number of nitrogens with one attached hydrogen (secondary N) is 1. The van der Waals surface area contributed by atoms with Crippen LogP contribution in [0.5, 0.6) is 0 Å². The maximum Gasteiger partial charge on any atom is 0.255 e. The highest BCUT2D eigenvalue weighted by Crippen LogP contribution is 2.26. The minimum Gasteiger partial charge on any atom is -0.469 e. The lowest BCUT2D eigenvalue weighted by molar-refractivity contribution is -0.130. The topological polar surface area (TPSA) is 79.0 Å². The molecule has 7 heteroatoms. The molecule has 2 aliphatic heterocycles. The van der Waals surface area contributed by atoms with Gasteiger partial charge in [-0.1, -0.05) is 30.3 Å². The standard InChI is InChI=1S/C26H29N3O4/c1-19(30)28-14-11-20(12-15-28)13-16-29-17-18-33-26(29)24(31)22-9-5-6-10-23(22)27-25(32)21-7-3-2-4-8-21/h2-10,17-18,20,26H,11-16H2,1H3,(H,27,32). The first-order valence-electron chi connectivity index (χ1n) is 11.4. The quantitative estimate of drug-likeness (QED) is 0.652. The number of amides is 2. The Bertz CT molecular complexity index is 1030. The maximum absolute atomic E-state index is 13.4. The van der Waals surface area contributed by atoms with E-state index in [2.05, 4.69) is 5.32 Å². The van der Waals surface area contributed by atoms with Crippen molar-refractivity contribution in [3.05, 3.63) is 78.2 Å². The molecule has 0 bridgehead atoms. The largest absolute Gasteiger partial charge is 0.469 e. The lowest BCUT2D eigenvalue weighted by atomic mass is 9.93.